The second-order valence-electron chi connectivity index (χ2n) is 6.42. The van der Waals surface area contributed by atoms with Crippen LogP contribution in [0.15, 0.2) is 30.3 Å². The standard InChI is InChI=1S/C17H24N2O/c1-19-13-17(10-6-3-7-11-17)18-15(16(19)20)12-14-8-4-2-5-9-14/h2,4-5,8-9,15,18H,3,6-7,10-13H2,1H3/t15-/m0/s1. The van der Waals surface area contributed by atoms with Gasteiger partial charge in [-0.1, -0.05) is 49.6 Å². The van der Waals surface area contributed by atoms with Crippen LogP contribution < -0.4 is 5.32 Å². The molecule has 1 aromatic rings. The zero-order chi connectivity index (χ0) is 14.0. The number of nitrogens with zero attached hydrogens (tertiary/aromatic N) is 1. The number of rotatable bonds is 2. The SMILES string of the molecule is CN1CC2(CCCCC2)N[C@@H](Cc2ccccc2)C1=O. The normalized spacial score (nSPS) is 25.9. The average molecular weight is 272 g/mol. The monoisotopic (exact) mass is 272 g/mol. The molecule has 1 saturated carbocycles. The Hall–Kier alpha value is -1.35. The van der Waals surface area contributed by atoms with Gasteiger partial charge >= 0.3 is 0 Å². The van der Waals surface area contributed by atoms with Gasteiger partial charge in [-0.05, 0) is 24.8 Å². The molecule has 2 aliphatic rings. The summed E-state index contributed by atoms with van der Waals surface area (Å²) >= 11 is 0. The van der Waals surface area contributed by atoms with E-state index in [2.05, 4.69) is 17.4 Å². The van der Waals surface area contributed by atoms with Gasteiger partial charge < -0.3 is 4.90 Å². The summed E-state index contributed by atoms with van der Waals surface area (Å²) < 4.78 is 0. The second kappa shape index (κ2) is 5.57. The molecule has 1 heterocycles. The van der Waals surface area contributed by atoms with Crippen LogP contribution in [0.5, 0.6) is 0 Å². The number of carbonyl (C=O) groups excluding carboxylic acids is 1. The Labute approximate surface area is 121 Å². The Morgan fingerprint density at radius 3 is 2.60 bits per heavy atom. The van der Waals surface area contributed by atoms with Gasteiger partial charge in [-0.25, -0.2) is 0 Å². The molecule has 0 radical (unpaired) electrons. The van der Waals surface area contributed by atoms with Crippen LogP contribution in [0.25, 0.3) is 0 Å². The molecule has 0 bridgehead atoms. The molecule has 1 N–H and O–H groups in total. The zero-order valence-corrected chi connectivity index (χ0v) is 12.3. The largest absolute Gasteiger partial charge is 0.343 e. The quantitative estimate of drug-likeness (QED) is 0.896. The van der Waals surface area contributed by atoms with E-state index in [4.69, 9.17) is 0 Å². The van der Waals surface area contributed by atoms with Crippen molar-refractivity contribution in [2.45, 2.75) is 50.1 Å². The summed E-state index contributed by atoms with van der Waals surface area (Å²) in [5, 5.41) is 3.71. The molecule has 1 aliphatic heterocycles. The van der Waals surface area contributed by atoms with Crippen molar-refractivity contribution in [3.63, 3.8) is 0 Å². The van der Waals surface area contributed by atoms with Crippen LogP contribution in [-0.4, -0.2) is 36.0 Å². The molecule has 1 amide bonds. The highest BCUT2D eigenvalue weighted by Crippen LogP contribution is 2.32. The zero-order valence-electron chi connectivity index (χ0n) is 12.3. The van der Waals surface area contributed by atoms with E-state index >= 15 is 0 Å². The molecule has 3 heteroatoms. The van der Waals surface area contributed by atoms with Gasteiger partial charge in [0.1, 0.15) is 0 Å². The lowest BCUT2D eigenvalue weighted by atomic mass is 9.78. The molecule has 1 saturated heterocycles. The van der Waals surface area contributed by atoms with Crippen molar-refractivity contribution in [1.82, 2.24) is 10.2 Å². The minimum atomic E-state index is -0.0609. The molecule has 1 atom stereocenters. The second-order valence-corrected chi connectivity index (χ2v) is 6.42. The summed E-state index contributed by atoms with van der Waals surface area (Å²) in [6.07, 6.45) is 7.11. The molecule has 3 nitrogen and oxygen atoms in total. The lowest BCUT2D eigenvalue weighted by Gasteiger charge is -2.48. The maximum absolute atomic E-state index is 12.4. The fourth-order valence-corrected chi connectivity index (χ4v) is 3.79. The van der Waals surface area contributed by atoms with Crippen molar-refractivity contribution in [3.05, 3.63) is 35.9 Å². The summed E-state index contributed by atoms with van der Waals surface area (Å²) in [6, 6.07) is 10.3. The summed E-state index contributed by atoms with van der Waals surface area (Å²) in [5.74, 6) is 0.241. The van der Waals surface area contributed by atoms with Gasteiger partial charge in [-0.15, -0.1) is 0 Å². The van der Waals surface area contributed by atoms with Crippen LogP contribution in [0.2, 0.25) is 0 Å². The topological polar surface area (TPSA) is 32.3 Å². The van der Waals surface area contributed by atoms with Gasteiger partial charge in [-0.2, -0.15) is 0 Å². The first-order chi connectivity index (χ1) is 9.69. The van der Waals surface area contributed by atoms with E-state index in [1.807, 2.05) is 30.1 Å². The highest BCUT2D eigenvalue weighted by molar-refractivity contribution is 5.83. The van der Waals surface area contributed by atoms with Crippen LogP contribution in [0.3, 0.4) is 0 Å². The van der Waals surface area contributed by atoms with Crippen LogP contribution in [0.1, 0.15) is 37.7 Å². The third kappa shape index (κ3) is 2.73. The maximum atomic E-state index is 12.4. The van der Waals surface area contributed by atoms with Crippen molar-refractivity contribution >= 4 is 5.91 Å². The molecule has 20 heavy (non-hydrogen) atoms. The van der Waals surface area contributed by atoms with E-state index in [1.165, 1.54) is 37.7 Å². The number of benzene rings is 1. The van der Waals surface area contributed by atoms with E-state index in [9.17, 15) is 4.79 Å². The first-order valence-electron chi connectivity index (χ1n) is 7.75. The molecule has 1 spiro atoms. The minimum Gasteiger partial charge on any atom is -0.343 e. The van der Waals surface area contributed by atoms with E-state index in [0.717, 1.165) is 13.0 Å². The van der Waals surface area contributed by atoms with Crippen molar-refractivity contribution in [3.8, 4) is 0 Å². The van der Waals surface area contributed by atoms with Crippen molar-refractivity contribution in [2.24, 2.45) is 0 Å². The highest BCUT2D eigenvalue weighted by Gasteiger charge is 2.42. The fraction of sp³-hybridized carbons (Fsp3) is 0.588. The van der Waals surface area contributed by atoms with Gasteiger partial charge in [-0.3, -0.25) is 10.1 Å². The Morgan fingerprint density at radius 2 is 1.90 bits per heavy atom. The molecular weight excluding hydrogens is 248 g/mol. The van der Waals surface area contributed by atoms with E-state index in [0.29, 0.717) is 0 Å². The lowest BCUT2D eigenvalue weighted by molar-refractivity contribution is -0.138. The molecule has 0 aromatic heterocycles. The van der Waals surface area contributed by atoms with Crippen LogP contribution >= 0.6 is 0 Å². The van der Waals surface area contributed by atoms with E-state index in [1.54, 1.807) is 0 Å². The maximum Gasteiger partial charge on any atom is 0.239 e. The van der Waals surface area contributed by atoms with Crippen LogP contribution in [0, 0.1) is 0 Å². The first kappa shape index (κ1) is 13.6. The van der Waals surface area contributed by atoms with Gasteiger partial charge in [0.15, 0.2) is 0 Å². The van der Waals surface area contributed by atoms with Gasteiger partial charge in [0.05, 0.1) is 6.04 Å². The fourth-order valence-electron chi connectivity index (χ4n) is 3.79. The van der Waals surface area contributed by atoms with E-state index in [-0.39, 0.29) is 17.5 Å². The predicted molar refractivity (Wildman–Crippen MR) is 80.5 cm³/mol. The smallest absolute Gasteiger partial charge is 0.239 e. The summed E-state index contributed by atoms with van der Waals surface area (Å²) in [5.41, 5.74) is 1.40. The predicted octanol–water partition coefficient (Wildman–Crippen LogP) is 2.36. The Kier molecular flexibility index (Phi) is 3.79. The van der Waals surface area contributed by atoms with Gasteiger partial charge in [0.2, 0.25) is 5.91 Å². The van der Waals surface area contributed by atoms with Gasteiger partial charge in [0.25, 0.3) is 0 Å². The number of nitrogens with one attached hydrogen (secondary N) is 1. The van der Waals surface area contributed by atoms with Crippen molar-refractivity contribution in [2.75, 3.05) is 13.6 Å². The number of hydrogen-bond acceptors (Lipinski definition) is 2. The lowest BCUT2D eigenvalue weighted by Crippen LogP contribution is -2.67. The average Bonchev–Trinajstić information content (AvgIpc) is 2.46. The van der Waals surface area contributed by atoms with Gasteiger partial charge in [0, 0.05) is 19.1 Å². The Bertz CT molecular complexity index is 465. The number of carbonyl (C=O) groups is 1. The highest BCUT2D eigenvalue weighted by atomic mass is 16.2. The summed E-state index contributed by atoms with van der Waals surface area (Å²) in [7, 11) is 1.96. The van der Waals surface area contributed by atoms with Crippen molar-refractivity contribution < 1.29 is 4.79 Å². The Balaban J connectivity index is 1.76. The number of piperazine rings is 1. The third-order valence-electron chi connectivity index (χ3n) is 4.79. The molecule has 1 aromatic carbocycles. The molecule has 1 aliphatic carbocycles. The minimum absolute atomic E-state index is 0.0609. The molecular formula is C17H24N2O. The molecule has 3 rings (SSSR count). The van der Waals surface area contributed by atoms with E-state index < -0.39 is 0 Å². The number of hydrogen-bond donors (Lipinski definition) is 1. The first-order valence-corrected chi connectivity index (χ1v) is 7.75. The van der Waals surface area contributed by atoms with Crippen molar-refractivity contribution in [1.29, 1.82) is 0 Å². The Morgan fingerprint density at radius 1 is 1.20 bits per heavy atom. The summed E-state index contributed by atoms with van der Waals surface area (Å²) in [6.45, 7) is 0.872. The number of amides is 1. The van der Waals surface area contributed by atoms with Crippen LogP contribution in [0.4, 0.5) is 0 Å². The molecule has 0 unspecified atom stereocenters. The third-order valence-corrected chi connectivity index (χ3v) is 4.79. The number of likely N-dealkylation sites (N-methyl/N-ethyl adjacent to an activating group) is 1. The summed E-state index contributed by atoms with van der Waals surface area (Å²) in [4.78, 5) is 14.4. The molecule has 108 valence electrons. The molecule has 2 fully saturated rings. The van der Waals surface area contributed by atoms with Crippen LogP contribution in [-0.2, 0) is 11.2 Å².